The number of nitro groups is 1. The number of H-pyrrole nitrogens is 1. The monoisotopic (exact) mass is 183 g/mol. The molecule has 1 atom stereocenters. The number of rotatable bonds is 2. The van der Waals surface area contributed by atoms with Crippen molar-refractivity contribution in [1.82, 2.24) is 4.98 Å². The summed E-state index contributed by atoms with van der Waals surface area (Å²) in [5, 5.41) is 10.3. The first-order valence-electron chi connectivity index (χ1n) is 3.65. The second kappa shape index (κ2) is 3.36. The number of pyridine rings is 1. The summed E-state index contributed by atoms with van der Waals surface area (Å²) in [5.41, 5.74) is 4.83. The summed E-state index contributed by atoms with van der Waals surface area (Å²) in [6.07, 6.45) is 1.38. The van der Waals surface area contributed by atoms with Crippen LogP contribution in [0, 0.1) is 10.1 Å². The molecule has 3 N–H and O–H groups in total. The largest absolute Gasteiger partial charge is 0.334 e. The van der Waals surface area contributed by atoms with E-state index in [-0.39, 0.29) is 6.04 Å². The van der Waals surface area contributed by atoms with Gasteiger partial charge in [-0.1, -0.05) is 0 Å². The summed E-state index contributed by atoms with van der Waals surface area (Å²) < 4.78 is 0. The summed E-state index contributed by atoms with van der Waals surface area (Å²) in [5.74, 6) is 0. The van der Waals surface area contributed by atoms with Gasteiger partial charge in [0.15, 0.2) is 0 Å². The first-order chi connectivity index (χ1) is 6.02. The molecule has 0 aliphatic rings. The first kappa shape index (κ1) is 9.40. The van der Waals surface area contributed by atoms with Crippen molar-refractivity contribution in [3.05, 3.63) is 38.3 Å². The molecule has 0 fully saturated rings. The Morgan fingerprint density at radius 3 is 2.77 bits per heavy atom. The molecule has 0 amide bonds. The van der Waals surface area contributed by atoms with Gasteiger partial charge in [-0.25, -0.2) is 0 Å². The highest BCUT2D eigenvalue weighted by atomic mass is 16.6. The molecule has 0 aromatic carbocycles. The molecule has 0 spiro atoms. The average molecular weight is 183 g/mol. The molecule has 1 rings (SSSR count). The minimum Gasteiger partial charge on any atom is -0.324 e. The van der Waals surface area contributed by atoms with Crippen LogP contribution in [0.15, 0.2) is 17.1 Å². The number of aromatic amines is 1. The van der Waals surface area contributed by atoms with E-state index in [0.717, 1.165) is 0 Å². The van der Waals surface area contributed by atoms with Crippen LogP contribution in [0.3, 0.4) is 0 Å². The minimum absolute atomic E-state index is 0.337. The van der Waals surface area contributed by atoms with Crippen molar-refractivity contribution in [3.8, 4) is 0 Å². The van der Waals surface area contributed by atoms with Crippen molar-refractivity contribution < 1.29 is 4.92 Å². The molecule has 1 heterocycles. The number of hydrogen-bond donors (Lipinski definition) is 2. The van der Waals surface area contributed by atoms with Gasteiger partial charge >= 0.3 is 11.2 Å². The van der Waals surface area contributed by atoms with Gasteiger partial charge in [0.2, 0.25) is 0 Å². The molecule has 70 valence electrons. The molecule has 0 radical (unpaired) electrons. The number of hydrogen-bond acceptors (Lipinski definition) is 4. The third-order valence-electron chi connectivity index (χ3n) is 1.63. The predicted molar refractivity (Wildman–Crippen MR) is 46.3 cm³/mol. The zero-order valence-corrected chi connectivity index (χ0v) is 6.98. The molecule has 0 saturated carbocycles. The van der Waals surface area contributed by atoms with Gasteiger partial charge in [0, 0.05) is 18.3 Å². The highest BCUT2D eigenvalue weighted by molar-refractivity contribution is 5.31. The lowest BCUT2D eigenvalue weighted by molar-refractivity contribution is -0.386. The molecular formula is C7H9N3O3. The summed E-state index contributed by atoms with van der Waals surface area (Å²) in [4.78, 5) is 22.8. The number of nitrogens with one attached hydrogen (secondary N) is 1. The van der Waals surface area contributed by atoms with Crippen LogP contribution in [0.2, 0.25) is 0 Å². The van der Waals surface area contributed by atoms with Gasteiger partial charge < -0.3 is 10.7 Å². The van der Waals surface area contributed by atoms with E-state index in [0.29, 0.717) is 5.56 Å². The fraction of sp³-hybridized carbons (Fsp3) is 0.286. The second-order valence-corrected chi connectivity index (χ2v) is 2.69. The van der Waals surface area contributed by atoms with E-state index in [1.54, 1.807) is 6.92 Å². The van der Waals surface area contributed by atoms with Crippen LogP contribution in [0.1, 0.15) is 18.5 Å². The van der Waals surface area contributed by atoms with Gasteiger partial charge in [-0.05, 0) is 12.5 Å². The number of nitrogens with zero attached hydrogens (tertiary/aromatic N) is 1. The lowest BCUT2D eigenvalue weighted by Crippen LogP contribution is -2.14. The molecule has 0 aliphatic heterocycles. The molecule has 13 heavy (non-hydrogen) atoms. The van der Waals surface area contributed by atoms with Crippen molar-refractivity contribution in [1.29, 1.82) is 0 Å². The second-order valence-electron chi connectivity index (χ2n) is 2.69. The molecule has 0 bridgehead atoms. The fourth-order valence-corrected chi connectivity index (χ4v) is 0.886. The van der Waals surface area contributed by atoms with Gasteiger partial charge in [0.05, 0.1) is 4.92 Å². The molecule has 1 aromatic heterocycles. The van der Waals surface area contributed by atoms with Crippen LogP contribution in [0.5, 0.6) is 0 Å². The summed E-state index contributed by atoms with van der Waals surface area (Å²) in [7, 11) is 0. The van der Waals surface area contributed by atoms with Crippen molar-refractivity contribution in [2.24, 2.45) is 5.73 Å². The summed E-state index contributed by atoms with van der Waals surface area (Å²) in [6, 6.07) is 0.847. The molecule has 1 aromatic rings. The Hall–Kier alpha value is -1.69. The van der Waals surface area contributed by atoms with E-state index in [1.165, 1.54) is 12.3 Å². The Morgan fingerprint density at radius 2 is 2.31 bits per heavy atom. The van der Waals surface area contributed by atoms with Gasteiger partial charge in [0.25, 0.3) is 0 Å². The standard InChI is InChI=1S/C7H9N3O3/c1-4(8)5-2-6(10(12)13)7(11)9-3-5/h2-4H,8H2,1H3,(H,9,11). The third kappa shape index (κ3) is 1.91. The normalized spacial score (nSPS) is 12.5. The van der Waals surface area contributed by atoms with Gasteiger partial charge in [-0.3, -0.25) is 14.9 Å². The molecule has 0 saturated heterocycles. The Balaban J connectivity index is 3.27. The van der Waals surface area contributed by atoms with Crippen molar-refractivity contribution in [3.63, 3.8) is 0 Å². The number of aromatic nitrogens is 1. The zero-order chi connectivity index (χ0) is 10.0. The first-order valence-corrected chi connectivity index (χ1v) is 3.65. The van der Waals surface area contributed by atoms with Crippen LogP contribution in [0.25, 0.3) is 0 Å². The maximum Gasteiger partial charge on any atom is 0.334 e. The van der Waals surface area contributed by atoms with Crippen LogP contribution in [-0.4, -0.2) is 9.91 Å². The third-order valence-corrected chi connectivity index (χ3v) is 1.63. The highest BCUT2D eigenvalue weighted by Gasteiger charge is 2.13. The predicted octanol–water partition coefficient (Wildman–Crippen LogP) is 0.303. The maximum atomic E-state index is 10.9. The Kier molecular flexibility index (Phi) is 2.43. The van der Waals surface area contributed by atoms with E-state index in [4.69, 9.17) is 5.73 Å². The maximum absolute atomic E-state index is 10.9. The van der Waals surface area contributed by atoms with Gasteiger partial charge in [-0.15, -0.1) is 0 Å². The molecule has 6 nitrogen and oxygen atoms in total. The average Bonchev–Trinajstić information content (AvgIpc) is 2.04. The van der Waals surface area contributed by atoms with E-state index >= 15 is 0 Å². The molecule has 0 aliphatic carbocycles. The Labute approximate surface area is 73.5 Å². The van der Waals surface area contributed by atoms with E-state index in [2.05, 4.69) is 4.98 Å². The zero-order valence-electron chi connectivity index (χ0n) is 6.98. The van der Waals surface area contributed by atoms with E-state index in [9.17, 15) is 14.9 Å². The van der Waals surface area contributed by atoms with E-state index < -0.39 is 16.2 Å². The Morgan fingerprint density at radius 1 is 1.69 bits per heavy atom. The van der Waals surface area contributed by atoms with Crippen LogP contribution >= 0.6 is 0 Å². The lowest BCUT2D eigenvalue weighted by atomic mass is 10.1. The number of nitrogens with two attached hydrogens (primary N) is 1. The fourth-order valence-electron chi connectivity index (χ4n) is 0.886. The SMILES string of the molecule is CC(N)c1c[nH]c(=O)c([N+](=O)[O-])c1. The summed E-state index contributed by atoms with van der Waals surface area (Å²) in [6.45, 7) is 1.68. The van der Waals surface area contributed by atoms with Gasteiger partial charge in [0.1, 0.15) is 0 Å². The minimum atomic E-state index is -0.731. The molecule has 6 heteroatoms. The smallest absolute Gasteiger partial charge is 0.324 e. The van der Waals surface area contributed by atoms with Gasteiger partial charge in [-0.2, -0.15) is 0 Å². The molecule has 1 unspecified atom stereocenters. The van der Waals surface area contributed by atoms with Crippen molar-refractivity contribution in [2.75, 3.05) is 0 Å². The topological polar surface area (TPSA) is 102 Å². The van der Waals surface area contributed by atoms with E-state index in [1.807, 2.05) is 0 Å². The Bertz CT molecular complexity index is 383. The highest BCUT2D eigenvalue weighted by Crippen LogP contribution is 2.11. The van der Waals surface area contributed by atoms with Crippen LogP contribution < -0.4 is 11.3 Å². The quantitative estimate of drug-likeness (QED) is 0.508. The molecular weight excluding hydrogens is 174 g/mol. The van der Waals surface area contributed by atoms with Crippen molar-refractivity contribution in [2.45, 2.75) is 13.0 Å². The van der Waals surface area contributed by atoms with Crippen molar-refractivity contribution >= 4 is 5.69 Å². The van der Waals surface area contributed by atoms with Crippen LogP contribution in [0.4, 0.5) is 5.69 Å². The lowest BCUT2D eigenvalue weighted by Gasteiger charge is -2.02. The van der Waals surface area contributed by atoms with Crippen LogP contribution in [-0.2, 0) is 0 Å². The summed E-state index contributed by atoms with van der Waals surface area (Å²) >= 11 is 0.